The van der Waals surface area contributed by atoms with Gasteiger partial charge in [-0.2, -0.15) is 22.0 Å². The Morgan fingerprint density at radius 2 is 1.61 bits per heavy atom. The minimum Gasteiger partial charge on any atom is -0.287 e. The normalized spacial score (nSPS) is 12.9. The summed E-state index contributed by atoms with van der Waals surface area (Å²) in [5.74, 6) is -7.35. The Morgan fingerprint density at radius 1 is 1.06 bits per heavy atom. The summed E-state index contributed by atoms with van der Waals surface area (Å²) >= 11 is 0. The molecule has 0 heterocycles. The number of ketones is 1. The highest BCUT2D eigenvalue weighted by Gasteiger charge is 2.49. The smallest absolute Gasteiger partial charge is 0.287 e. The maximum atomic E-state index is 12.7. The molecular weight excluding hydrogens is 269 g/mol. The minimum absolute atomic E-state index is 0.110. The molecule has 0 atom stereocenters. The van der Waals surface area contributed by atoms with Crippen molar-refractivity contribution in [2.24, 2.45) is 0 Å². The van der Waals surface area contributed by atoms with Gasteiger partial charge < -0.3 is 0 Å². The highest BCUT2D eigenvalue weighted by Crippen LogP contribution is 2.32. The molecule has 0 saturated carbocycles. The molecule has 0 aliphatic heterocycles. The van der Waals surface area contributed by atoms with Crippen molar-refractivity contribution in [3.8, 4) is 0 Å². The monoisotopic (exact) mass is 274 g/mol. The first-order chi connectivity index (χ1) is 8.06. The van der Waals surface area contributed by atoms with Crippen molar-refractivity contribution in [2.45, 2.75) is 18.5 Å². The maximum Gasteiger partial charge on any atom is 0.416 e. The second-order valence-electron chi connectivity index (χ2n) is 3.33. The summed E-state index contributed by atoms with van der Waals surface area (Å²) in [7, 11) is 0. The van der Waals surface area contributed by atoms with Gasteiger partial charge in [0.15, 0.2) is 0 Å². The van der Waals surface area contributed by atoms with Crippen LogP contribution in [-0.2, 0) is 6.18 Å². The Kier molecular flexibility index (Phi) is 3.68. The van der Waals surface area contributed by atoms with E-state index >= 15 is 0 Å². The first-order valence-corrected chi connectivity index (χ1v) is 4.45. The molecular formula is C10H5F7O. The third-order valence-electron chi connectivity index (χ3n) is 2.03. The van der Waals surface area contributed by atoms with Gasteiger partial charge in [0.2, 0.25) is 5.78 Å². The quantitative estimate of drug-likeness (QED) is 0.605. The van der Waals surface area contributed by atoms with Crippen molar-refractivity contribution < 1.29 is 35.5 Å². The summed E-state index contributed by atoms with van der Waals surface area (Å²) in [4.78, 5) is 11.0. The summed E-state index contributed by atoms with van der Waals surface area (Å²) in [5.41, 5.74) is -2.48. The molecule has 1 aromatic carbocycles. The zero-order valence-electron chi connectivity index (χ0n) is 8.44. The van der Waals surface area contributed by atoms with Crippen LogP contribution >= 0.6 is 0 Å². The molecule has 0 aromatic heterocycles. The van der Waals surface area contributed by atoms with E-state index in [0.717, 1.165) is 0 Å². The van der Waals surface area contributed by atoms with Crippen molar-refractivity contribution in [3.05, 3.63) is 35.4 Å². The number of carbonyl (C=O) groups excluding carboxylic acids is 1. The van der Waals surface area contributed by atoms with Gasteiger partial charge in [0.05, 0.1) is 5.56 Å². The largest absolute Gasteiger partial charge is 0.416 e. The Hall–Kier alpha value is -1.60. The molecule has 1 rings (SSSR count). The van der Waals surface area contributed by atoms with E-state index < -0.39 is 35.4 Å². The molecule has 1 aromatic rings. The lowest BCUT2D eigenvalue weighted by Gasteiger charge is -2.14. The van der Waals surface area contributed by atoms with Crippen molar-refractivity contribution in [3.63, 3.8) is 0 Å². The predicted octanol–water partition coefficient (Wildman–Crippen LogP) is 3.79. The summed E-state index contributed by atoms with van der Waals surface area (Å²) in [5, 5.41) is 0. The topological polar surface area (TPSA) is 17.1 Å². The first-order valence-electron chi connectivity index (χ1n) is 4.45. The van der Waals surface area contributed by atoms with Crippen LogP contribution in [0.1, 0.15) is 15.9 Å². The van der Waals surface area contributed by atoms with E-state index in [1.165, 1.54) is 0 Å². The van der Waals surface area contributed by atoms with Gasteiger partial charge in [-0.3, -0.25) is 4.79 Å². The average Bonchev–Trinajstić information content (AvgIpc) is 2.26. The molecule has 1 nitrogen and oxygen atoms in total. The third-order valence-corrected chi connectivity index (χ3v) is 2.03. The number of halogens is 7. The lowest BCUT2D eigenvalue weighted by atomic mass is 10.0. The second-order valence-corrected chi connectivity index (χ2v) is 3.33. The fourth-order valence-corrected chi connectivity index (χ4v) is 1.13. The van der Waals surface area contributed by atoms with Crippen LogP contribution in [0.4, 0.5) is 30.7 Å². The predicted molar refractivity (Wildman–Crippen MR) is 46.7 cm³/mol. The van der Waals surface area contributed by atoms with Crippen molar-refractivity contribution >= 4 is 5.78 Å². The van der Waals surface area contributed by atoms with Gasteiger partial charge in [-0.05, 0) is 12.1 Å². The number of Topliss-reactive ketones (excluding diaryl/α,β-unsaturated/α-hetero) is 1. The number of alkyl halides is 7. The lowest BCUT2D eigenvalue weighted by Crippen LogP contribution is -2.36. The Bertz CT molecular complexity index is 450. The van der Waals surface area contributed by atoms with Crippen LogP contribution in [-0.4, -0.2) is 18.1 Å². The Morgan fingerprint density at radius 3 is 2.06 bits per heavy atom. The molecule has 0 aliphatic rings. The standard InChI is InChI=1S/C10H5F7O/c11-8(12)9(13,14)7(18)5-2-1-3-6(4-5)10(15,16)17/h1-4,8H. The van der Waals surface area contributed by atoms with Gasteiger partial charge in [0.1, 0.15) is 0 Å². The van der Waals surface area contributed by atoms with Crippen LogP contribution in [0, 0.1) is 0 Å². The molecule has 0 saturated heterocycles. The molecule has 0 unspecified atom stereocenters. The number of carbonyl (C=O) groups is 1. The van der Waals surface area contributed by atoms with Gasteiger partial charge in [0, 0.05) is 5.56 Å². The van der Waals surface area contributed by atoms with Crippen LogP contribution in [0.15, 0.2) is 24.3 Å². The average molecular weight is 274 g/mol. The molecule has 0 spiro atoms. The van der Waals surface area contributed by atoms with Crippen molar-refractivity contribution in [1.29, 1.82) is 0 Å². The van der Waals surface area contributed by atoms with Gasteiger partial charge in [0.25, 0.3) is 0 Å². The number of hydrogen-bond acceptors (Lipinski definition) is 1. The van der Waals surface area contributed by atoms with E-state index in [4.69, 9.17) is 0 Å². The van der Waals surface area contributed by atoms with E-state index in [-0.39, 0.29) is 6.07 Å². The summed E-state index contributed by atoms with van der Waals surface area (Å²) < 4.78 is 85.8. The molecule has 8 heteroatoms. The molecule has 100 valence electrons. The molecule has 0 radical (unpaired) electrons. The SMILES string of the molecule is O=C(c1cccc(C(F)(F)F)c1)C(F)(F)C(F)F. The summed E-state index contributed by atoms with van der Waals surface area (Å²) in [6.45, 7) is 0. The highest BCUT2D eigenvalue weighted by molar-refractivity contribution is 6.01. The van der Waals surface area contributed by atoms with E-state index in [0.29, 0.717) is 18.2 Å². The van der Waals surface area contributed by atoms with Crippen LogP contribution in [0.5, 0.6) is 0 Å². The molecule has 18 heavy (non-hydrogen) atoms. The molecule has 0 bridgehead atoms. The fourth-order valence-electron chi connectivity index (χ4n) is 1.13. The van der Waals surface area contributed by atoms with E-state index in [9.17, 15) is 35.5 Å². The first kappa shape index (κ1) is 14.5. The van der Waals surface area contributed by atoms with Crippen LogP contribution in [0.3, 0.4) is 0 Å². The van der Waals surface area contributed by atoms with E-state index in [1.54, 1.807) is 0 Å². The van der Waals surface area contributed by atoms with Gasteiger partial charge >= 0.3 is 18.5 Å². The zero-order valence-corrected chi connectivity index (χ0v) is 8.44. The second kappa shape index (κ2) is 4.58. The summed E-state index contributed by atoms with van der Waals surface area (Å²) in [6.07, 6.45) is -9.13. The Balaban J connectivity index is 3.16. The van der Waals surface area contributed by atoms with Gasteiger partial charge in [-0.25, -0.2) is 8.78 Å². The number of hydrogen-bond donors (Lipinski definition) is 0. The summed E-state index contributed by atoms with van der Waals surface area (Å²) in [6, 6.07) is 1.96. The Labute approximate surface area is 96.2 Å². The van der Waals surface area contributed by atoms with Crippen LogP contribution < -0.4 is 0 Å². The highest BCUT2D eigenvalue weighted by atomic mass is 19.4. The minimum atomic E-state index is -5.01. The maximum absolute atomic E-state index is 12.7. The van der Waals surface area contributed by atoms with E-state index in [2.05, 4.69) is 0 Å². The number of rotatable bonds is 3. The molecule has 0 fully saturated rings. The lowest BCUT2D eigenvalue weighted by molar-refractivity contribution is -0.137. The van der Waals surface area contributed by atoms with Crippen molar-refractivity contribution in [2.75, 3.05) is 0 Å². The number of benzene rings is 1. The van der Waals surface area contributed by atoms with Gasteiger partial charge in [-0.1, -0.05) is 12.1 Å². The molecule has 0 amide bonds. The third kappa shape index (κ3) is 2.80. The van der Waals surface area contributed by atoms with Crippen LogP contribution in [0.2, 0.25) is 0 Å². The van der Waals surface area contributed by atoms with Gasteiger partial charge in [-0.15, -0.1) is 0 Å². The zero-order chi connectivity index (χ0) is 14.1. The fraction of sp³-hybridized carbons (Fsp3) is 0.300. The molecule has 0 aliphatic carbocycles. The molecule has 0 N–H and O–H groups in total. The van der Waals surface area contributed by atoms with Crippen molar-refractivity contribution in [1.82, 2.24) is 0 Å². The van der Waals surface area contributed by atoms with Crippen LogP contribution in [0.25, 0.3) is 0 Å². The van der Waals surface area contributed by atoms with E-state index in [1.807, 2.05) is 0 Å².